The van der Waals surface area contributed by atoms with Crippen molar-refractivity contribution in [1.29, 1.82) is 0 Å². The van der Waals surface area contributed by atoms with Gasteiger partial charge in [0.1, 0.15) is 0 Å². The van der Waals surface area contributed by atoms with Crippen molar-refractivity contribution in [3.05, 3.63) is 12.2 Å². The highest BCUT2D eigenvalue weighted by Crippen LogP contribution is 2.00. The Morgan fingerprint density at radius 1 is 1.47 bits per heavy atom. The van der Waals surface area contributed by atoms with Gasteiger partial charge in [0.25, 0.3) is 0 Å². The third-order valence-corrected chi connectivity index (χ3v) is 2.23. The van der Waals surface area contributed by atoms with Crippen LogP contribution in [0.3, 0.4) is 0 Å². The van der Waals surface area contributed by atoms with Gasteiger partial charge in [-0.2, -0.15) is 4.98 Å². The fourth-order valence-electron chi connectivity index (χ4n) is 1.40. The lowest BCUT2D eigenvalue weighted by molar-refractivity contribution is -0.143. The molecular weight excluding hydrogens is 222 g/mol. The van der Waals surface area contributed by atoms with E-state index in [9.17, 15) is 4.79 Å². The van der Waals surface area contributed by atoms with E-state index < -0.39 is 0 Å². The van der Waals surface area contributed by atoms with Gasteiger partial charge in [-0.1, -0.05) is 11.6 Å². The van der Waals surface area contributed by atoms with Crippen molar-refractivity contribution in [3.8, 4) is 0 Å². The molecule has 0 spiro atoms. The minimum absolute atomic E-state index is 0.104. The van der Waals surface area contributed by atoms with Crippen molar-refractivity contribution in [2.24, 2.45) is 0 Å². The average Bonchev–Trinajstić information content (AvgIpc) is 2.81. The third-order valence-electron chi connectivity index (χ3n) is 2.23. The standard InChI is InChI=1S/C11H19N3O3/c1-2-16-11(15)6-4-3-5-7-12-8-10-13-9-17-14-10/h9,12H,2-8H2,1H3. The second-order valence-electron chi connectivity index (χ2n) is 3.64. The van der Waals surface area contributed by atoms with E-state index in [1.165, 1.54) is 6.39 Å². The number of esters is 1. The Kier molecular flexibility index (Phi) is 6.97. The van der Waals surface area contributed by atoms with Gasteiger partial charge in [-0.25, -0.2) is 0 Å². The van der Waals surface area contributed by atoms with Gasteiger partial charge in [-0.3, -0.25) is 4.79 Å². The normalized spacial score (nSPS) is 10.4. The molecule has 1 rings (SSSR count). The fraction of sp³-hybridized carbons (Fsp3) is 0.727. The molecule has 17 heavy (non-hydrogen) atoms. The molecule has 0 radical (unpaired) electrons. The molecule has 6 heteroatoms. The summed E-state index contributed by atoms with van der Waals surface area (Å²) in [5.74, 6) is 0.559. The predicted molar refractivity (Wildman–Crippen MR) is 61.1 cm³/mol. The number of nitrogens with zero attached hydrogens (tertiary/aromatic N) is 2. The van der Waals surface area contributed by atoms with E-state index in [0.717, 1.165) is 25.8 Å². The zero-order chi connectivity index (χ0) is 12.3. The summed E-state index contributed by atoms with van der Waals surface area (Å²) >= 11 is 0. The van der Waals surface area contributed by atoms with Gasteiger partial charge in [0, 0.05) is 6.42 Å². The number of hydrogen-bond donors (Lipinski definition) is 1. The topological polar surface area (TPSA) is 77.2 Å². The molecule has 0 saturated heterocycles. The summed E-state index contributed by atoms with van der Waals surface area (Å²) in [7, 11) is 0. The van der Waals surface area contributed by atoms with Crippen LogP contribution in [0.15, 0.2) is 10.9 Å². The molecule has 0 unspecified atom stereocenters. The van der Waals surface area contributed by atoms with Crippen LogP contribution in [0.2, 0.25) is 0 Å². The molecule has 0 aliphatic heterocycles. The number of carbonyl (C=O) groups excluding carboxylic acids is 1. The summed E-state index contributed by atoms with van der Waals surface area (Å²) in [6.07, 6.45) is 4.74. The molecule has 96 valence electrons. The second-order valence-corrected chi connectivity index (χ2v) is 3.64. The van der Waals surface area contributed by atoms with Crippen molar-refractivity contribution in [2.45, 2.75) is 39.2 Å². The number of rotatable bonds is 9. The van der Waals surface area contributed by atoms with Gasteiger partial charge >= 0.3 is 5.97 Å². The van der Waals surface area contributed by atoms with E-state index in [2.05, 4.69) is 20.0 Å². The lowest BCUT2D eigenvalue weighted by atomic mass is 10.2. The first-order valence-corrected chi connectivity index (χ1v) is 5.94. The van der Waals surface area contributed by atoms with Crippen molar-refractivity contribution in [1.82, 2.24) is 15.5 Å². The molecule has 1 N–H and O–H groups in total. The van der Waals surface area contributed by atoms with Crippen molar-refractivity contribution in [3.63, 3.8) is 0 Å². The van der Waals surface area contributed by atoms with Crippen LogP contribution < -0.4 is 5.32 Å². The van der Waals surface area contributed by atoms with Crippen LogP contribution >= 0.6 is 0 Å². The zero-order valence-corrected chi connectivity index (χ0v) is 10.1. The number of carbonyl (C=O) groups is 1. The van der Waals surface area contributed by atoms with Gasteiger partial charge in [0.2, 0.25) is 6.39 Å². The Hall–Kier alpha value is -1.43. The second kappa shape index (κ2) is 8.69. The van der Waals surface area contributed by atoms with Crippen molar-refractivity contribution < 1.29 is 14.1 Å². The van der Waals surface area contributed by atoms with Crippen LogP contribution in [0.4, 0.5) is 0 Å². The van der Waals surface area contributed by atoms with E-state index >= 15 is 0 Å². The molecule has 1 aromatic heterocycles. The minimum atomic E-state index is -0.104. The van der Waals surface area contributed by atoms with Crippen LogP contribution in [-0.2, 0) is 16.1 Å². The van der Waals surface area contributed by atoms with Crippen LogP contribution in [0.1, 0.15) is 38.4 Å². The minimum Gasteiger partial charge on any atom is -0.466 e. The first kappa shape index (κ1) is 13.6. The molecule has 6 nitrogen and oxygen atoms in total. The highest BCUT2D eigenvalue weighted by atomic mass is 16.5. The van der Waals surface area contributed by atoms with Crippen LogP contribution in [0, 0.1) is 0 Å². The molecule has 0 amide bonds. The summed E-state index contributed by atoms with van der Waals surface area (Å²) in [6.45, 7) is 3.79. The zero-order valence-electron chi connectivity index (χ0n) is 10.1. The van der Waals surface area contributed by atoms with E-state index in [-0.39, 0.29) is 5.97 Å². The first-order chi connectivity index (χ1) is 8.33. The number of ether oxygens (including phenoxy) is 1. The average molecular weight is 241 g/mol. The Morgan fingerprint density at radius 3 is 3.06 bits per heavy atom. The Balaban J connectivity index is 1.86. The van der Waals surface area contributed by atoms with Crippen molar-refractivity contribution >= 4 is 5.97 Å². The van der Waals surface area contributed by atoms with Crippen LogP contribution in [-0.4, -0.2) is 29.3 Å². The highest BCUT2D eigenvalue weighted by molar-refractivity contribution is 5.69. The van der Waals surface area contributed by atoms with Crippen LogP contribution in [0.25, 0.3) is 0 Å². The molecule has 0 aliphatic carbocycles. The Morgan fingerprint density at radius 2 is 2.35 bits per heavy atom. The lowest BCUT2D eigenvalue weighted by Gasteiger charge is -2.02. The molecule has 1 aromatic rings. The number of unbranched alkanes of at least 4 members (excludes halogenated alkanes) is 2. The largest absolute Gasteiger partial charge is 0.466 e. The van der Waals surface area contributed by atoms with Gasteiger partial charge in [-0.05, 0) is 26.3 Å². The molecular formula is C11H19N3O3. The van der Waals surface area contributed by atoms with E-state index in [0.29, 0.717) is 25.4 Å². The summed E-state index contributed by atoms with van der Waals surface area (Å²) in [5.41, 5.74) is 0. The van der Waals surface area contributed by atoms with E-state index in [4.69, 9.17) is 4.74 Å². The maximum absolute atomic E-state index is 11.0. The quantitative estimate of drug-likeness (QED) is 0.518. The molecule has 1 heterocycles. The van der Waals surface area contributed by atoms with Gasteiger partial charge in [-0.15, -0.1) is 0 Å². The maximum Gasteiger partial charge on any atom is 0.305 e. The van der Waals surface area contributed by atoms with Crippen LogP contribution in [0.5, 0.6) is 0 Å². The molecule has 0 fully saturated rings. The Bertz CT molecular complexity index is 301. The van der Waals surface area contributed by atoms with Gasteiger partial charge in [0.05, 0.1) is 13.2 Å². The maximum atomic E-state index is 11.0. The molecule has 0 aliphatic rings. The predicted octanol–water partition coefficient (Wildman–Crippen LogP) is 1.28. The first-order valence-electron chi connectivity index (χ1n) is 5.94. The summed E-state index contributed by atoms with van der Waals surface area (Å²) in [5, 5.41) is 6.88. The number of hydrogen-bond acceptors (Lipinski definition) is 6. The molecule has 0 aromatic carbocycles. The molecule has 0 saturated carbocycles. The fourth-order valence-corrected chi connectivity index (χ4v) is 1.40. The smallest absolute Gasteiger partial charge is 0.305 e. The SMILES string of the molecule is CCOC(=O)CCCCCNCc1ncon1. The third kappa shape index (κ3) is 6.68. The summed E-state index contributed by atoms with van der Waals surface area (Å²) < 4.78 is 9.44. The number of nitrogens with one attached hydrogen (secondary N) is 1. The van der Waals surface area contributed by atoms with Gasteiger partial charge < -0.3 is 14.6 Å². The highest BCUT2D eigenvalue weighted by Gasteiger charge is 2.01. The number of aromatic nitrogens is 2. The van der Waals surface area contributed by atoms with Gasteiger partial charge in [0.15, 0.2) is 5.82 Å². The molecule has 0 bridgehead atoms. The summed E-state index contributed by atoms with van der Waals surface area (Å²) in [4.78, 5) is 14.9. The van der Waals surface area contributed by atoms with E-state index in [1.54, 1.807) is 0 Å². The van der Waals surface area contributed by atoms with Crippen molar-refractivity contribution in [2.75, 3.05) is 13.2 Å². The monoisotopic (exact) mass is 241 g/mol. The Labute approximate surface area is 101 Å². The summed E-state index contributed by atoms with van der Waals surface area (Å²) in [6, 6.07) is 0. The molecule has 0 atom stereocenters. The van der Waals surface area contributed by atoms with E-state index in [1.807, 2.05) is 6.92 Å². The lowest BCUT2D eigenvalue weighted by Crippen LogP contribution is -2.15.